The highest BCUT2D eigenvalue weighted by molar-refractivity contribution is 4.92. The van der Waals surface area contributed by atoms with Crippen LogP contribution in [0.15, 0.2) is 0 Å². The van der Waals surface area contributed by atoms with E-state index in [9.17, 15) is 17.6 Å². The van der Waals surface area contributed by atoms with Crippen LogP contribution in [0, 0.1) is 29.6 Å². The van der Waals surface area contributed by atoms with E-state index in [0.717, 1.165) is 38.5 Å². The van der Waals surface area contributed by atoms with Crippen molar-refractivity contribution in [3.8, 4) is 0 Å². The zero-order chi connectivity index (χ0) is 16.6. The molecule has 3 rings (SSSR count). The first-order chi connectivity index (χ1) is 11.0. The van der Waals surface area contributed by atoms with E-state index < -0.39 is 24.7 Å². The number of rotatable bonds is 2. The van der Waals surface area contributed by atoms with Crippen molar-refractivity contribution in [2.75, 3.05) is 0 Å². The molecule has 0 heterocycles. The highest BCUT2D eigenvalue weighted by atomic mass is 19.2. The lowest BCUT2D eigenvalue weighted by atomic mass is 9.65. The highest BCUT2D eigenvalue weighted by Gasteiger charge is 2.43. The van der Waals surface area contributed by atoms with Crippen molar-refractivity contribution in [1.29, 1.82) is 0 Å². The second-order valence-electron chi connectivity index (χ2n) is 8.48. The van der Waals surface area contributed by atoms with Crippen molar-refractivity contribution >= 4 is 0 Å². The third-order valence-electron chi connectivity index (χ3n) is 6.92. The van der Waals surface area contributed by atoms with Crippen molar-refractivity contribution in [3.63, 3.8) is 0 Å². The summed E-state index contributed by atoms with van der Waals surface area (Å²) in [6, 6.07) is 0. The van der Waals surface area contributed by atoms with Gasteiger partial charge in [0.1, 0.15) is 18.5 Å². The smallest absolute Gasteiger partial charge is 0.162 e. The van der Waals surface area contributed by atoms with E-state index in [1.54, 1.807) is 0 Å². The summed E-state index contributed by atoms with van der Waals surface area (Å²) in [5.41, 5.74) is 0. The van der Waals surface area contributed by atoms with E-state index in [1.807, 2.05) is 0 Å². The van der Waals surface area contributed by atoms with E-state index >= 15 is 0 Å². The fourth-order valence-electron chi connectivity index (χ4n) is 5.46. The minimum absolute atomic E-state index is 0.0273. The van der Waals surface area contributed by atoms with Crippen LogP contribution < -0.4 is 0 Å². The molecule has 3 aliphatic carbocycles. The van der Waals surface area contributed by atoms with Gasteiger partial charge in [0, 0.05) is 0 Å². The predicted molar refractivity (Wildman–Crippen MR) is 84.3 cm³/mol. The molecule has 0 aromatic carbocycles. The van der Waals surface area contributed by atoms with E-state index in [4.69, 9.17) is 0 Å². The first kappa shape index (κ1) is 17.5. The van der Waals surface area contributed by atoms with Gasteiger partial charge in [-0.2, -0.15) is 0 Å². The third kappa shape index (κ3) is 3.87. The van der Waals surface area contributed by atoms with Crippen molar-refractivity contribution in [2.24, 2.45) is 29.6 Å². The second-order valence-corrected chi connectivity index (χ2v) is 8.48. The normalized spacial score (nSPS) is 52.3. The Morgan fingerprint density at radius 3 is 1.70 bits per heavy atom. The molecule has 4 heteroatoms. The molecule has 0 radical (unpaired) electrons. The van der Waals surface area contributed by atoms with Gasteiger partial charge in [-0.25, -0.2) is 17.6 Å². The van der Waals surface area contributed by atoms with Gasteiger partial charge in [0.25, 0.3) is 0 Å². The number of hydrogen-bond donors (Lipinski definition) is 0. The molecule has 23 heavy (non-hydrogen) atoms. The van der Waals surface area contributed by atoms with Gasteiger partial charge in [0.2, 0.25) is 0 Å². The maximum absolute atomic E-state index is 14.3. The van der Waals surface area contributed by atoms with Crippen LogP contribution in [-0.2, 0) is 0 Å². The molecule has 0 nitrogen and oxygen atoms in total. The monoisotopic (exact) mass is 334 g/mol. The first-order valence-corrected chi connectivity index (χ1v) is 9.52. The molecule has 5 unspecified atom stereocenters. The summed E-state index contributed by atoms with van der Waals surface area (Å²) in [6.07, 6.45) is 1.09. The van der Waals surface area contributed by atoms with Gasteiger partial charge in [-0.1, -0.05) is 13.3 Å². The summed E-state index contributed by atoms with van der Waals surface area (Å²) in [5.74, 6) is 1.40. The average Bonchev–Trinajstić information content (AvgIpc) is 2.52. The molecule has 134 valence electrons. The zero-order valence-electron chi connectivity index (χ0n) is 14.1. The van der Waals surface area contributed by atoms with Crippen LogP contribution in [0.25, 0.3) is 0 Å². The van der Waals surface area contributed by atoms with Crippen molar-refractivity contribution in [1.82, 2.24) is 0 Å². The lowest BCUT2D eigenvalue weighted by Crippen LogP contribution is -2.41. The lowest BCUT2D eigenvalue weighted by Gasteiger charge is -2.42. The molecule has 0 spiro atoms. The Bertz CT molecular complexity index is 368. The van der Waals surface area contributed by atoms with Crippen molar-refractivity contribution in [3.05, 3.63) is 0 Å². The van der Waals surface area contributed by atoms with Crippen molar-refractivity contribution in [2.45, 2.75) is 89.4 Å². The van der Waals surface area contributed by atoms with E-state index in [0.29, 0.717) is 24.2 Å². The van der Waals surface area contributed by atoms with Gasteiger partial charge in [-0.3, -0.25) is 0 Å². The lowest BCUT2D eigenvalue weighted by molar-refractivity contribution is -0.0104. The van der Waals surface area contributed by atoms with Crippen LogP contribution in [0.3, 0.4) is 0 Å². The van der Waals surface area contributed by atoms with Gasteiger partial charge in [0.05, 0.1) is 0 Å². The van der Waals surface area contributed by atoms with Gasteiger partial charge in [0.15, 0.2) is 6.17 Å². The summed E-state index contributed by atoms with van der Waals surface area (Å²) in [7, 11) is 0. The Morgan fingerprint density at radius 1 is 0.565 bits per heavy atom. The second kappa shape index (κ2) is 7.31. The molecule has 0 saturated heterocycles. The summed E-state index contributed by atoms with van der Waals surface area (Å²) >= 11 is 0. The van der Waals surface area contributed by atoms with E-state index in [1.165, 1.54) is 0 Å². The third-order valence-corrected chi connectivity index (χ3v) is 6.92. The van der Waals surface area contributed by atoms with E-state index in [-0.39, 0.29) is 24.7 Å². The SMILES string of the molecule is CC1CCC(C2CCC(C3CC(F)C(F)C(F)C3)CC2)C(F)C1. The highest BCUT2D eigenvalue weighted by Crippen LogP contribution is 2.46. The molecule has 0 aromatic rings. The standard InChI is InChI=1S/C19H30F4/c1-11-2-7-15(16(20)8-11)13-5-3-12(4-6-13)14-9-17(21)19(23)18(22)10-14/h11-19H,2-10H2,1H3. The summed E-state index contributed by atoms with van der Waals surface area (Å²) in [6.45, 7) is 2.13. The van der Waals surface area contributed by atoms with Crippen LogP contribution in [0.2, 0.25) is 0 Å². The summed E-state index contributed by atoms with van der Waals surface area (Å²) in [5, 5.41) is 0. The average molecular weight is 334 g/mol. The molecular weight excluding hydrogens is 304 g/mol. The molecule has 0 bridgehead atoms. The van der Waals surface area contributed by atoms with Gasteiger partial charge < -0.3 is 0 Å². The van der Waals surface area contributed by atoms with E-state index in [2.05, 4.69) is 6.92 Å². The minimum Gasteiger partial charge on any atom is -0.247 e. The molecule has 0 N–H and O–H groups in total. The Kier molecular flexibility index (Phi) is 5.57. The Balaban J connectivity index is 1.50. The topological polar surface area (TPSA) is 0 Å². The number of halogens is 4. The largest absolute Gasteiger partial charge is 0.247 e. The molecule has 3 fully saturated rings. The summed E-state index contributed by atoms with van der Waals surface area (Å²) in [4.78, 5) is 0. The Labute approximate surface area is 137 Å². The van der Waals surface area contributed by atoms with Crippen LogP contribution in [0.4, 0.5) is 17.6 Å². The zero-order valence-corrected chi connectivity index (χ0v) is 14.1. The molecule has 3 aliphatic rings. The van der Waals surface area contributed by atoms with Crippen LogP contribution >= 0.6 is 0 Å². The minimum atomic E-state index is -1.93. The molecule has 0 amide bonds. The molecule has 3 saturated carbocycles. The molecule has 0 aliphatic heterocycles. The maximum Gasteiger partial charge on any atom is 0.162 e. The number of alkyl halides is 4. The van der Waals surface area contributed by atoms with Gasteiger partial charge in [-0.05, 0) is 81.0 Å². The Hall–Kier alpha value is -0.280. The number of hydrogen-bond acceptors (Lipinski definition) is 0. The maximum atomic E-state index is 14.3. The van der Waals surface area contributed by atoms with Crippen LogP contribution in [0.1, 0.15) is 64.7 Å². The molecular formula is C19H30F4. The van der Waals surface area contributed by atoms with Gasteiger partial charge in [-0.15, -0.1) is 0 Å². The fourth-order valence-corrected chi connectivity index (χ4v) is 5.46. The summed E-state index contributed by atoms with van der Waals surface area (Å²) < 4.78 is 54.9. The molecule has 5 atom stereocenters. The van der Waals surface area contributed by atoms with Gasteiger partial charge >= 0.3 is 0 Å². The Morgan fingerprint density at radius 2 is 1.13 bits per heavy atom. The van der Waals surface area contributed by atoms with Crippen molar-refractivity contribution < 1.29 is 17.6 Å². The predicted octanol–water partition coefficient (Wildman–Crippen LogP) is 5.99. The molecule has 0 aromatic heterocycles. The van der Waals surface area contributed by atoms with Crippen LogP contribution in [0.5, 0.6) is 0 Å². The van der Waals surface area contributed by atoms with Crippen LogP contribution in [-0.4, -0.2) is 24.7 Å². The first-order valence-electron chi connectivity index (χ1n) is 9.52. The quantitative estimate of drug-likeness (QED) is 0.544. The fraction of sp³-hybridized carbons (Fsp3) is 1.00.